The number of benzene rings is 2. The van der Waals surface area contributed by atoms with Crippen LogP contribution in [0.4, 0.5) is 5.69 Å². The Balaban J connectivity index is 1.52. The van der Waals surface area contributed by atoms with Gasteiger partial charge in [0, 0.05) is 5.02 Å². The number of carbonyl (C=O) groups excluding carboxylic acids is 2. The van der Waals surface area contributed by atoms with Crippen molar-refractivity contribution in [1.29, 1.82) is 0 Å². The van der Waals surface area contributed by atoms with Crippen LogP contribution in [-0.2, 0) is 9.59 Å². The van der Waals surface area contributed by atoms with E-state index < -0.39 is 0 Å². The molecule has 5 heteroatoms. The van der Waals surface area contributed by atoms with Crippen molar-refractivity contribution in [3.05, 3.63) is 64.1 Å². The highest BCUT2D eigenvalue weighted by molar-refractivity contribution is 6.37. The molecule has 2 aromatic carbocycles. The summed E-state index contributed by atoms with van der Waals surface area (Å²) in [6, 6.07) is 15.3. The molecule has 1 aliphatic heterocycles. The maximum absolute atomic E-state index is 13.2. The average Bonchev–Trinajstić information content (AvgIpc) is 3.30. The molecule has 1 heterocycles. The Kier molecular flexibility index (Phi) is 3.67. The summed E-state index contributed by atoms with van der Waals surface area (Å²) in [5.41, 5.74) is 1.69. The highest BCUT2D eigenvalue weighted by Crippen LogP contribution is 2.62. The maximum Gasteiger partial charge on any atom is 0.238 e. The SMILES string of the molecule is O=C1[C@@H]2[C@@H]3C[C@@H]([C@@H]2C(=O)N1c1cc(Cl)ccc1Cl)[C@@H](c1ccccc1)C3. The summed E-state index contributed by atoms with van der Waals surface area (Å²) in [7, 11) is 0. The first-order valence-corrected chi connectivity index (χ1v) is 9.69. The van der Waals surface area contributed by atoms with E-state index in [1.807, 2.05) is 18.2 Å². The van der Waals surface area contributed by atoms with E-state index in [-0.39, 0.29) is 35.5 Å². The van der Waals surface area contributed by atoms with Gasteiger partial charge in [-0.05, 0) is 54.4 Å². The van der Waals surface area contributed by atoms with Crippen molar-refractivity contribution in [2.45, 2.75) is 18.8 Å². The third-order valence-electron chi connectivity index (χ3n) is 6.39. The Labute approximate surface area is 161 Å². The largest absolute Gasteiger partial charge is 0.274 e. The Hall–Kier alpha value is -1.84. The van der Waals surface area contributed by atoms with Crippen LogP contribution in [0.15, 0.2) is 48.5 Å². The molecule has 3 nitrogen and oxygen atoms in total. The third-order valence-corrected chi connectivity index (χ3v) is 6.95. The third kappa shape index (κ3) is 2.20. The Morgan fingerprint density at radius 1 is 0.885 bits per heavy atom. The van der Waals surface area contributed by atoms with Gasteiger partial charge < -0.3 is 0 Å². The molecule has 0 radical (unpaired) electrons. The lowest BCUT2D eigenvalue weighted by Gasteiger charge is -2.28. The first-order valence-electron chi connectivity index (χ1n) is 8.94. The number of hydrogen-bond acceptors (Lipinski definition) is 2. The van der Waals surface area contributed by atoms with Crippen LogP contribution < -0.4 is 4.90 Å². The smallest absolute Gasteiger partial charge is 0.238 e. The topological polar surface area (TPSA) is 37.4 Å². The van der Waals surface area contributed by atoms with Gasteiger partial charge in [-0.1, -0.05) is 53.5 Å². The van der Waals surface area contributed by atoms with Crippen LogP contribution in [0.5, 0.6) is 0 Å². The summed E-state index contributed by atoms with van der Waals surface area (Å²) >= 11 is 12.3. The molecule has 132 valence electrons. The van der Waals surface area contributed by atoms with Gasteiger partial charge in [-0.2, -0.15) is 0 Å². The van der Waals surface area contributed by atoms with Gasteiger partial charge >= 0.3 is 0 Å². The standard InChI is InChI=1S/C21H17Cl2NO2/c22-13-6-7-16(23)17(10-13)24-20(25)18-12-8-14(11-4-2-1-3-5-11)15(9-12)19(18)21(24)26/h1-7,10,12,14-15,18-19H,8-9H2/t12-,14+,15+,18+,19-/m0/s1. The van der Waals surface area contributed by atoms with Gasteiger partial charge in [0.05, 0.1) is 22.5 Å². The minimum Gasteiger partial charge on any atom is -0.274 e. The van der Waals surface area contributed by atoms with Crippen LogP contribution in [0.3, 0.4) is 0 Å². The zero-order chi connectivity index (χ0) is 18.0. The second-order valence-electron chi connectivity index (χ2n) is 7.57. The summed E-state index contributed by atoms with van der Waals surface area (Å²) in [6.45, 7) is 0. The summed E-state index contributed by atoms with van der Waals surface area (Å²) in [5, 5.41) is 0.843. The molecule has 2 amide bonds. The molecule has 1 saturated heterocycles. The van der Waals surface area contributed by atoms with Crippen LogP contribution in [0.25, 0.3) is 0 Å². The van der Waals surface area contributed by atoms with Crippen LogP contribution in [0.1, 0.15) is 24.3 Å². The minimum atomic E-state index is -0.235. The van der Waals surface area contributed by atoms with Crippen LogP contribution >= 0.6 is 23.2 Å². The molecule has 0 spiro atoms. The van der Waals surface area contributed by atoms with Gasteiger partial charge in [-0.15, -0.1) is 0 Å². The number of nitrogens with zero attached hydrogens (tertiary/aromatic N) is 1. The lowest BCUT2D eigenvalue weighted by atomic mass is 9.73. The molecule has 0 aromatic heterocycles. The van der Waals surface area contributed by atoms with Gasteiger partial charge in [0.2, 0.25) is 11.8 Å². The number of hydrogen-bond donors (Lipinski definition) is 0. The van der Waals surface area contributed by atoms with Gasteiger partial charge in [0.1, 0.15) is 0 Å². The molecule has 2 aliphatic carbocycles. The van der Waals surface area contributed by atoms with Crippen molar-refractivity contribution in [1.82, 2.24) is 0 Å². The molecule has 5 rings (SSSR count). The Bertz CT molecular complexity index is 913. The van der Waals surface area contributed by atoms with Gasteiger partial charge in [-0.25, -0.2) is 4.90 Å². The number of fused-ring (bicyclic) bond motifs is 5. The van der Waals surface area contributed by atoms with Crippen molar-refractivity contribution in [2.75, 3.05) is 4.90 Å². The fourth-order valence-electron chi connectivity index (χ4n) is 5.44. The number of amides is 2. The van der Waals surface area contributed by atoms with Crippen molar-refractivity contribution in [3.8, 4) is 0 Å². The lowest BCUT2D eigenvalue weighted by Crippen LogP contribution is -2.33. The predicted octanol–water partition coefficient (Wildman–Crippen LogP) is 4.92. The fourth-order valence-corrected chi connectivity index (χ4v) is 5.81. The number of halogens is 2. The molecule has 26 heavy (non-hydrogen) atoms. The summed E-state index contributed by atoms with van der Waals surface area (Å²) in [6.07, 6.45) is 1.94. The molecule has 0 unspecified atom stereocenters. The monoisotopic (exact) mass is 385 g/mol. The number of rotatable bonds is 2. The molecule has 3 aliphatic rings. The van der Waals surface area contributed by atoms with Crippen molar-refractivity contribution >= 4 is 40.7 Å². The quantitative estimate of drug-likeness (QED) is 0.687. The van der Waals surface area contributed by atoms with E-state index in [1.165, 1.54) is 10.5 Å². The maximum atomic E-state index is 13.2. The second kappa shape index (κ2) is 5.83. The van der Waals surface area contributed by atoms with Crippen molar-refractivity contribution in [2.24, 2.45) is 23.7 Å². The minimum absolute atomic E-state index is 0.108. The number of anilines is 1. The van der Waals surface area contributed by atoms with Crippen LogP contribution in [0, 0.1) is 23.7 Å². The molecule has 2 aromatic rings. The molecule has 5 atom stereocenters. The van der Waals surface area contributed by atoms with E-state index in [4.69, 9.17) is 23.2 Å². The summed E-state index contributed by atoms with van der Waals surface area (Å²) < 4.78 is 0. The zero-order valence-electron chi connectivity index (χ0n) is 13.9. The van der Waals surface area contributed by atoms with Crippen LogP contribution in [0.2, 0.25) is 10.0 Å². The second-order valence-corrected chi connectivity index (χ2v) is 8.42. The van der Waals surface area contributed by atoms with Gasteiger partial charge in [-0.3, -0.25) is 9.59 Å². The van der Waals surface area contributed by atoms with E-state index >= 15 is 0 Å². The number of imide groups is 1. The Morgan fingerprint density at radius 3 is 2.38 bits per heavy atom. The van der Waals surface area contributed by atoms with Crippen molar-refractivity contribution < 1.29 is 9.59 Å². The van der Waals surface area contributed by atoms with Gasteiger partial charge in [0.15, 0.2) is 0 Å². The van der Waals surface area contributed by atoms with Gasteiger partial charge in [0.25, 0.3) is 0 Å². The molecule has 2 bridgehead atoms. The number of carbonyl (C=O) groups is 2. The molecular weight excluding hydrogens is 369 g/mol. The van der Waals surface area contributed by atoms with Crippen molar-refractivity contribution in [3.63, 3.8) is 0 Å². The first-order chi connectivity index (χ1) is 12.6. The summed E-state index contributed by atoms with van der Waals surface area (Å²) in [4.78, 5) is 27.6. The van der Waals surface area contributed by atoms with Crippen LogP contribution in [-0.4, -0.2) is 11.8 Å². The highest BCUT2D eigenvalue weighted by Gasteiger charge is 2.64. The molecule has 0 N–H and O–H groups in total. The lowest BCUT2D eigenvalue weighted by molar-refractivity contribution is -0.123. The molecule has 3 fully saturated rings. The van der Waals surface area contributed by atoms with E-state index in [1.54, 1.807) is 18.2 Å². The molecular formula is C21H17Cl2NO2. The van der Waals surface area contributed by atoms with E-state index in [0.717, 1.165) is 12.8 Å². The first kappa shape index (κ1) is 16.3. The normalized spacial score (nSPS) is 32.4. The summed E-state index contributed by atoms with van der Waals surface area (Å²) in [5.74, 6) is 0.194. The predicted molar refractivity (Wildman–Crippen MR) is 101 cm³/mol. The van der Waals surface area contributed by atoms with E-state index in [9.17, 15) is 9.59 Å². The zero-order valence-corrected chi connectivity index (χ0v) is 15.5. The van der Waals surface area contributed by atoms with E-state index in [0.29, 0.717) is 21.7 Å². The van der Waals surface area contributed by atoms with E-state index in [2.05, 4.69) is 12.1 Å². The fraction of sp³-hybridized carbons (Fsp3) is 0.333. The Morgan fingerprint density at radius 2 is 1.62 bits per heavy atom. The average molecular weight is 386 g/mol. The molecule has 2 saturated carbocycles. The highest BCUT2D eigenvalue weighted by atomic mass is 35.5.